The van der Waals surface area contributed by atoms with Crippen molar-refractivity contribution in [2.24, 2.45) is 0 Å². The Hall–Kier alpha value is 0.430. The second kappa shape index (κ2) is 2.82. The molecule has 0 unspecified atom stereocenters. The van der Waals surface area contributed by atoms with Crippen LogP contribution < -0.4 is 0 Å². The van der Waals surface area contributed by atoms with E-state index in [-0.39, 0.29) is 0 Å². The summed E-state index contributed by atoms with van der Waals surface area (Å²) in [6, 6.07) is 0. The molecule has 0 heterocycles. The molecule has 0 aromatic rings. The largest absolute Gasteiger partial charge is 0.531 e. The summed E-state index contributed by atoms with van der Waals surface area (Å²) in [6.45, 7) is 11.3. The topological polar surface area (TPSA) is 0 Å². The highest BCUT2D eigenvalue weighted by molar-refractivity contribution is 7.40. The van der Waals surface area contributed by atoms with Gasteiger partial charge in [0.05, 0.1) is 0 Å². The molecule has 0 nitrogen and oxygen atoms in total. The maximum absolute atomic E-state index is 2.27. The van der Waals surface area contributed by atoms with Gasteiger partial charge in [-0.15, -0.1) is 0 Å². The molecular weight excluding hydrogens is 115 g/mol. The normalized spacial score (nSPS) is 14.2. The predicted octanol–water partition coefficient (Wildman–Crippen LogP) is 3.14. The maximum Gasteiger partial charge on any atom is -0.0864 e. The zero-order valence-electron chi connectivity index (χ0n) is 6.52. The minimum atomic E-state index is 0.494. The molecule has 8 heavy (non-hydrogen) atoms. The maximum atomic E-state index is 2.27. The Kier molecular flexibility index (Phi) is 2.98. The van der Waals surface area contributed by atoms with Crippen molar-refractivity contribution >= 4 is 8.58 Å². The molecule has 0 fully saturated rings. The van der Waals surface area contributed by atoms with Gasteiger partial charge in [0.15, 0.2) is 0 Å². The van der Waals surface area contributed by atoms with E-state index < -0.39 is 0 Å². The van der Waals surface area contributed by atoms with E-state index in [4.69, 9.17) is 0 Å². The quantitative estimate of drug-likeness (QED) is 0.479. The van der Waals surface area contributed by atoms with Gasteiger partial charge in [-0.3, -0.25) is 0 Å². The highest BCUT2D eigenvalue weighted by Gasteiger charge is 1.95. The van der Waals surface area contributed by atoms with E-state index in [1.807, 2.05) is 0 Å². The van der Waals surface area contributed by atoms with Crippen LogP contribution >= 0.6 is 8.58 Å². The van der Waals surface area contributed by atoms with Gasteiger partial charge >= 0.3 is 0 Å². The standard InChI is InChI=1S/C7H16P/c1-6(2)8-7(3,4)5/h6H,1-5H3/q-1. The van der Waals surface area contributed by atoms with Crippen LogP contribution in [0.2, 0.25) is 0 Å². The van der Waals surface area contributed by atoms with Crippen LogP contribution in [-0.4, -0.2) is 10.8 Å². The van der Waals surface area contributed by atoms with Gasteiger partial charge in [-0.2, -0.15) is 10.8 Å². The Bertz CT molecular complexity index is 59.3. The minimum absolute atomic E-state index is 0.494. The molecule has 0 aliphatic carbocycles. The van der Waals surface area contributed by atoms with Gasteiger partial charge in [-0.1, -0.05) is 34.6 Å². The molecule has 0 saturated carbocycles. The lowest BCUT2D eigenvalue weighted by molar-refractivity contribution is 0.784. The third-order valence-electron chi connectivity index (χ3n) is 0.645. The smallest absolute Gasteiger partial charge is 0.0864 e. The first-order valence-electron chi connectivity index (χ1n) is 3.14. The van der Waals surface area contributed by atoms with Gasteiger partial charge in [0.1, 0.15) is 0 Å². The molecule has 0 aliphatic rings. The van der Waals surface area contributed by atoms with Crippen molar-refractivity contribution in [3.05, 3.63) is 0 Å². The van der Waals surface area contributed by atoms with Gasteiger partial charge in [-0.05, 0) is 0 Å². The fraction of sp³-hybridized carbons (Fsp3) is 1.00. The zero-order valence-corrected chi connectivity index (χ0v) is 7.42. The molecule has 0 radical (unpaired) electrons. The summed E-state index contributed by atoms with van der Waals surface area (Å²) >= 11 is 0. The molecule has 0 aliphatic heterocycles. The van der Waals surface area contributed by atoms with Gasteiger partial charge in [-0.25, -0.2) is 0 Å². The van der Waals surface area contributed by atoms with Crippen LogP contribution in [0.4, 0.5) is 0 Å². The van der Waals surface area contributed by atoms with E-state index in [0.717, 1.165) is 5.66 Å². The van der Waals surface area contributed by atoms with Crippen LogP contribution in [0.25, 0.3) is 0 Å². The van der Waals surface area contributed by atoms with Gasteiger partial charge in [0.25, 0.3) is 0 Å². The zero-order chi connectivity index (χ0) is 6.78. The Balaban J connectivity index is 3.39. The lowest BCUT2D eigenvalue weighted by Crippen LogP contribution is -2.08. The van der Waals surface area contributed by atoms with Crippen LogP contribution in [0.5, 0.6) is 0 Å². The molecule has 0 bridgehead atoms. The molecule has 1 heteroatoms. The van der Waals surface area contributed by atoms with Crippen LogP contribution in [0.15, 0.2) is 0 Å². The van der Waals surface area contributed by atoms with E-state index in [1.54, 1.807) is 8.58 Å². The Morgan fingerprint density at radius 1 is 1.12 bits per heavy atom. The molecular formula is C7H16P-. The summed E-state index contributed by atoms with van der Waals surface area (Å²) in [5, 5.41) is 0.494. The first-order valence-corrected chi connectivity index (χ1v) is 4.10. The number of hydrogen-bond acceptors (Lipinski definition) is 0. The van der Waals surface area contributed by atoms with E-state index >= 15 is 0 Å². The van der Waals surface area contributed by atoms with Crippen molar-refractivity contribution in [3.63, 3.8) is 0 Å². The lowest BCUT2D eigenvalue weighted by atomic mass is 10.3. The monoisotopic (exact) mass is 131 g/mol. The number of hydrogen-bond donors (Lipinski definition) is 0. The summed E-state index contributed by atoms with van der Waals surface area (Å²) < 4.78 is 0. The van der Waals surface area contributed by atoms with E-state index in [9.17, 15) is 0 Å². The van der Waals surface area contributed by atoms with Gasteiger partial charge < -0.3 is 8.58 Å². The molecule has 0 amide bonds. The average Bonchev–Trinajstić information content (AvgIpc) is 1.21. The summed E-state index contributed by atoms with van der Waals surface area (Å²) in [5.74, 6) is 0. The SMILES string of the molecule is CC(C)[P-]C(C)(C)C. The van der Waals surface area contributed by atoms with Crippen LogP contribution in [0.3, 0.4) is 0 Å². The molecule has 0 aromatic heterocycles. The molecule has 0 N–H and O–H groups in total. The molecule has 0 saturated heterocycles. The van der Waals surface area contributed by atoms with Crippen molar-refractivity contribution in [2.45, 2.75) is 45.4 Å². The Morgan fingerprint density at radius 3 is 1.50 bits per heavy atom. The summed E-state index contributed by atoms with van der Waals surface area (Å²) in [5.41, 5.74) is 0.815. The molecule has 0 aromatic carbocycles. The van der Waals surface area contributed by atoms with Crippen molar-refractivity contribution in [1.82, 2.24) is 0 Å². The Labute approximate surface area is 54.8 Å². The van der Waals surface area contributed by atoms with Crippen molar-refractivity contribution in [2.75, 3.05) is 0 Å². The lowest BCUT2D eigenvalue weighted by Gasteiger charge is -2.38. The highest BCUT2D eigenvalue weighted by Crippen LogP contribution is 2.34. The first-order chi connectivity index (χ1) is 3.42. The predicted molar refractivity (Wildman–Crippen MR) is 41.8 cm³/mol. The Morgan fingerprint density at radius 2 is 1.50 bits per heavy atom. The number of rotatable bonds is 1. The van der Waals surface area contributed by atoms with E-state index in [1.165, 1.54) is 0 Å². The highest BCUT2D eigenvalue weighted by atomic mass is 31.1. The first kappa shape index (κ1) is 8.43. The minimum Gasteiger partial charge on any atom is -0.531 e. The third kappa shape index (κ3) is 6.43. The average molecular weight is 131 g/mol. The summed E-state index contributed by atoms with van der Waals surface area (Å²) in [7, 11) is 1.55. The molecule has 50 valence electrons. The van der Waals surface area contributed by atoms with E-state index in [0.29, 0.717) is 5.16 Å². The van der Waals surface area contributed by atoms with Crippen LogP contribution in [0.1, 0.15) is 34.6 Å². The fourth-order valence-electron chi connectivity index (χ4n) is 0.775. The van der Waals surface area contributed by atoms with Gasteiger partial charge in [0, 0.05) is 0 Å². The third-order valence-corrected chi connectivity index (χ3v) is 1.94. The van der Waals surface area contributed by atoms with Gasteiger partial charge in [0.2, 0.25) is 0 Å². The van der Waals surface area contributed by atoms with Crippen molar-refractivity contribution < 1.29 is 0 Å². The second-order valence-corrected chi connectivity index (χ2v) is 6.03. The fourth-order valence-corrected chi connectivity index (χ4v) is 2.32. The molecule has 0 rings (SSSR count). The summed E-state index contributed by atoms with van der Waals surface area (Å²) in [4.78, 5) is 0. The second-order valence-electron chi connectivity index (χ2n) is 3.39. The van der Waals surface area contributed by atoms with Crippen LogP contribution in [0, 0.1) is 0 Å². The van der Waals surface area contributed by atoms with Crippen LogP contribution in [-0.2, 0) is 0 Å². The molecule has 0 spiro atoms. The summed E-state index contributed by atoms with van der Waals surface area (Å²) in [6.07, 6.45) is 0. The van der Waals surface area contributed by atoms with Crippen molar-refractivity contribution in [3.8, 4) is 0 Å². The molecule has 0 atom stereocenters. The van der Waals surface area contributed by atoms with Crippen molar-refractivity contribution in [1.29, 1.82) is 0 Å². The van der Waals surface area contributed by atoms with E-state index in [2.05, 4.69) is 34.6 Å².